The third kappa shape index (κ3) is 6.74. The summed E-state index contributed by atoms with van der Waals surface area (Å²) in [6.45, 7) is 18.2. The van der Waals surface area contributed by atoms with E-state index in [1.165, 1.54) is 0 Å². The molecule has 1 rings (SSSR count). The fraction of sp³-hybridized carbons (Fsp3) is 0.667. The number of rotatable bonds is 3. The zero-order valence-corrected chi connectivity index (χ0v) is 15.0. The van der Waals surface area contributed by atoms with Gasteiger partial charge in [0.2, 0.25) is 5.75 Å². The van der Waals surface area contributed by atoms with Crippen molar-refractivity contribution in [3.05, 3.63) is 18.2 Å². The maximum atomic E-state index is 6.11. The predicted octanol–water partition coefficient (Wildman–Crippen LogP) is 5.22. The quantitative estimate of drug-likeness (QED) is 0.765. The molecule has 3 heteroatoms. The Balaban J connectivity index is 3.27. The van der Waals surface area contributed by atoms with Crippen LogP contribution in [0.5, 0.6) is 17.2 Å². The predicted molar refractivity (Wildman–Crippen MR) is 87.6 cm³/mol. The average Bonchev–Trinajstić information content (AvgIpc) is 2.16. The van der Waals surface area contributed by atoms with Gasteiger partial charge in [-0.25, -0.2) is 0 Å². The van der Waals surface area contributed by atoms with Gasteiger partial charge in [0.25, 0.3) is 0 Å². The lowest BCUT2D eigenvalue weighted by atomic mass is 10.1. The molecule has 0 unspecified atom stereocenters. The second-order valence-corrected chi connectivity index (χ2v) is 8.23. The Labute approximate surface area is 129 Å². The van der Waals surface area contributed by atoms with Crippen LogP contribution in [-0.2, 0) is 0 Å². The van der Waals surface area contributed by atoms with Gasteiger partial charge in [-0.2, -0.15) is 0 Å². The molecule has 0 spiro atoms. The molecule has 120 valence electrons. The van der Waals surface area contributed by atoms with Crippen LogP contribution in [-0.4, -0.2) is 16.8 Å². The van der Waals surface area contributed by atoms with Crippen LogP contribution in [0.2, 0.25) is 0 Å². The lowest BCUT2D eigenvalue weighted by Crippen LogP contribution is -2.28. The molecule has 0 N–H and O–H groups in total. The fourth-order valence-corrected chi connectivity index (χ4v) is 1.72. The summed E-state index contributed by atoms with van der Waals surface area (Å²) in [6.07, 6.45) is 0. The molecule has 21 heavy (non-hydrogen) atoms. The molecular formula is C18H30O3. The van der Waals surface area contributed by atoms with E-state index >= 15 is 0 Å². The van der Waals surface area contributed by atoms with Gasteiger partial charge in [-0.1, -0.05) is 6.07 Å². The molecular weight excluding hydrogens is 264 g/mol. The molecule has 1 aromatic carbocycles. The van der Waals surface area contributed by atoms with Crippen molar-refractivity contribution in [1.29, 1.82) is 0 Å². The van der Waals surface area contributed by atoms with Crippen molar-refractivity contribution >= 4 is 0 Å². The summed E-state index contributed by atoms with van der Waals surface area (Å²) in [4.78, 5) is 0. The van der Waals surface area contributed by atoms with Crippen LogP contribution in [0.25, 0.3) is 0 Å². The van der Waals surface area contributed by atoms with Crippen molar-refractivity contribution in [1.82, 2.24) is 0 Å². The van der Waals surface area contributed by atoms with Crippen LogP contribution in [0, 0.1) is 0 Å². The standard InChI is InChI=1S/C18H30O3/c1-16(2,3)19-13-11-10-12-14(20-17(4,5)6)15(13)21-18(7,8)9/h10-12H,1-9H3. The first-order valence-electron chi connectivity index (χ1n) is 7.47. The normalized spacial score (nSPS) is 13.0. The Kier molecular flexibility index (Phi) is 4.87. The maximum absolute atomic E-state index is 6.11. The summed E-state index contributed by atoms with van der Waals surface area (Å²) >= 11 is 0. The molecule has 0 heterocycles. The van der Waals surface area contributed by atoms with Crippen LogP contribution < -0.4 is 14.2 Å². The monoisotopic (exact) mass is 294 g/mol. The molecule has 0 fully saturated rings. The number of ether oxygens (including phenoxy) is 3. The number of benzene rings is 1. The maximum Gasteiger partial charge on any atom is 0.204 e. The van der Waals surface area contributed by atoms with E-state index in [1.54, 1.807) is 0 Å². The molecule has 0 saturated carbocycles. The highest BCUT2D eigenvalue weighted by Gasteiger charge is 2.25. The molecule has 0 amide bonds. The highest BCUT2D eigenvalue weighted by atomic mass is 16.6. The van der Waals surface area contributed by atoms with E-state index in [0.29, 0.717) is 17.2 Å². The molecule has 1 aromatic rings. The molecule has 0 atom stereocenters. The van der Waals surface area contributed by atoms with E-state index in [2.05, 4.69) is 0 Å². The Bertz CT molecular complexity index is 436. The van der Waals surface area contributed by atoms with Crippen LogP contribution in [0.4, 0.5) is 0 Å². The lowest BCUT2D eigenvalue weighted by molar-refractivity contribution is 0.0777. The molecule has 0 aromatic heterocycles. The van der Waals surface area contributed by atoms with Gasteiger partial charge >= 0.3 is 0 Å². The van der Waals surface area contributed by atoms with E-state index < -0.39 is 0 Å². The Morgan fingerprint density at radius 2 is 0.905 bits per heavy atom. The van der Waals surface area contributed by atoms with Gasteiger partial charge in [-0.05, 0) is 74.4 Å². The first-order valence-corrected chi connectivity index (χ1v) is 7.47. The van der Waals surface area contributed by atoms with E-state index in [4.69, 9.17) is 14.2 Å². The summed E-state index contributed by atoms with van der Waals surface area (Å²) in [5.41, 5.74) is -0.917. The summed E-state index contributed by atoms with van der Waals surface area (Å²) in [7, 11) is 0. The van der Waals surface area contributed by atoms with Gasteiger partial charge in [-0.15, -0.1) is 0 Å². The summed E-state index contributed by atoms with van der Waals surface area (Å²) < 4.78 is 18.2. The van der Waals surface area contributed by atoms with Crippen molar-refractivity contribution < 1.29 is 14.2 Å². The largest absolute Gasteiger partial charge is 0.484 e. The van der Waals surface area contributed by atoms with Gasteiger partial charge < -0.3 is 14.2 Å². The van der Waals surface area contributed by atoms with Crippen molar-refractivity contribution in [2.45, 2.75) is 79.1 Å². The highest BCUT2D eigenvalue weighted by Crippen LogP contribution is 2.42. The molecule has 0 saturated heterocycles. The van der Waals surface area contributed by atoms with Gasteiger partial charge in [0, 0.05) is 0 Å². The first-order chi connectivity index (χ1) is 9.27. The minimum Gasteiger partial charge on any atom is -0.484 e. The van der Waals surface area contributed by atoms with Gasteiger partial charge in [0.05, 0.1) is 0 Å². The first kappa shape index (κ1) is 17.7. The zero-order valence-electron chi connectivity index (χ0n) is 15.0. The summed E-state index contributed by atoms with van der Waals surface area (Å²) in [6, 6.07) is 5.77. The minimum absolute atomic E-state index is 0.295. The van der Waals surface area contributed by atoms with Crippen molar-refractivity contribution in [3.63, 3.8) is 0 Å². The van der Waals surface area contributed by atoms with Crippen molar-refractivity contribution in [3.8, 4) is 17.2 Å². The van der Waals surface area contributed by atoms with Crippen molar-refractivity contribution in [2.75, 3.05) is 0 Å². The number of hydrogen-bond donors (Lipinski definition) is 0. The van der Waals surface area contributed by atoms with E-state index in [0.717, 1.165) is 0 Å². The highest BCUT2D eigenvalue weighted by molar-refractivity contribution is 5.52. The molecule has 0 aliphatic heterocycles. The second kappa shape index (κ2) is 5.78. The molecule has 0 bridgehead atoms. The third-order valence-corrected chi connectivity index (χ3v) is 2.18. The molecule has 0 aliphatic rings. The third-order valence-electron chi connectivity index (χ3n) is 2.18. The van der Waals surface area contributed by atoms with Gasteiger partial charge in [-0.3, -0.25) is 0 Å². The number of hydrogen-bond acceptors (Lipinski definition) is 3. The lowest BCUT2D eigenvalue weighted by Gasteiger charge is -2.30. The van der Waals surface area contributed by atoms with Crippen molar-refractivity contribution in [2.24, 2.45) is 0 Å². The van der Waals surface area contributed by atoms with Gasteiger partial charge in [0.15, 0.2) is 11.5 Å². The van der Waals surface area contributed by atoms with Crippen LogP contribution >= 0.6 is 0 Å². The Morgan fingerprint density at radius 1 is 0.571 bits per heavy atom. The molecule has 0 aliphatic carbocycles. The van der Waals surface area contributed by atoms with Crippen LogP contribution in [0.1, 0.15) is 62.3 Å². The van der Waals surface area contributed by atoms with E-state index in [1.807, 2.05) is 80.5 Å². The zero-order chi connectivity index (χ0) is 16.5. The summed E-state index contributed by atoms with van der Waals surface area (Å²) in [5.74, 6) is 2.08. The van der Waals surface area contributed by atoms with Gasteiger partial charge in [0.1, 0.15) is 16.8 Å². The smallest absolute Gasteiger partial charge is 0.204 e. The van der Waals surface area contributed by atoms with Crippen LogP contribution in [0.3, 0.4) is 0 Å². The van der Waals surface area contributed by atoms with Crippen LogP contribution in [0.15, 0.2) is 18.2 Å². The molecule has 0 radical (unpaired) electrons. The minimum atomic E-state index is -0.326. The van der Waals surface area contributed by atoms with E-state index in [9.17, 15) is 0 Å². The number of para-hydroxylation sites is 1. The molecule has 3 nitrogen and oxygen atoms in total. The second-order valence-electron chi connectivity index (χ2n) is 8.23. The SMILES string of the molecule is CC(C)(C)Oc1cccc(OC(C)(C)C)c1OC(C)(C)C. The van der Waals surface area contributed by atoms with E-state index in [-0.39, 0.29) is 16.8 Å². The average molecular weight is 294 g/mol. The Hall–Kier alpha value is -1.38. The topological polar surface area (TPSA) is 27.7 Å². The summed E-state index contributed by atoms with van der Waals surface area (Å²) in [5, 5.41) is 0. The fourth-order valence-electron chi connectivity index (χ4n) is 1.72. The Morgan fingerprint density at radius 3 is 1.19 bits per heavy atom.